The lowest BCUT2D eigenvalue weighted by Gasteiger charge is -2.13. The molecule has 1 N–H and O–H groups in total. The summed E-state index contributed by atoms with van der Waals surface area (Å²) in [5, 5.41) is 0. The third-order valence-corrected chi connectivity index (χ3v) is 3.74. The van der Waals surface area contributed by atoms with E-state index in [1.54, 1.807) is 0 Å². The first-order valence-corrected chi connectivity index (χ1v) is 6.90. The molecule has 0 spiro atoms. The maximum absolute atomic E-state index is 11.1. The number of hydrogen-bond donors (Lipinski definition) is 1. The van der Waals surface area contributed by atoms with Crippen molar-refractivity contribution < 1.29 is 9.46 Å². The Bertz CT molecular complexity index is 336. The third-order valence-electron chi connectivity index (χ3n) is 2.69. The van der Waals surface area contributed by atoms with Gasteiger partial charge in [0.05, 0.1) is 5.66 Å². The maximum atomic E-state index is 11.1. The molecule has 0 heterocycles. The van der Waals surface area contributed by atoms with Crippen molar-refractivity contribution in [3.8, 4) is 0 Å². The van der Waals surface area contributed by atoms with Crippen molar-refractivity contribution in [3.05, 3.63) is 35.4 Å². The molecular formula is C12H19O2P. The molecule has 0 bridgehead atoms. The van der Waals surface area contributed by atoms with Crippen molar-refractivity contribution >= 4 is 8.03 Å². The number of hydrogen-bond acceptors (Lipinski definition) is 1. The van der Waals surface area contributed by atoms with Crippen LogP contribution < -0.4 is 0 Å². The van der Waals surface area contributed by atoms with Gasteiger partial charge in [-0.2, -0.15) is 0 Å². The Hall–Kier alpha value is -0.590. The fourth-order valence-corrected chi connectivity index (χ4v) is 2.23. The Morgan fingerprint density at radius 2 is 2.07 bits per heavy atom. The molecule has 0 aliphatic rings. The minimum Gasteiger partial charge on any atom is -0.346 e. The van der Waals surface area contributed by atoms with Crippen LogP contribution >= 0.6 is 8.03 Å². The van der Waals surface area contributed by atoms with Crippen molar-refractivity contribution in [1.82, 2.24) is 0 Å². The van der Waals surface area contributed by atoms with Gasteiger partial charge in [0.15, 0.2) is 8.03 Å². The third kappa shape index (κ3) is 3.48. The molecule has 15 heavy (non-hydrogen) atoms. The first-order chi connectivity index (χ1) is 7.16. The van der Waals surface area contributed by atoms with E-state index < -0.39 is 8.03 Å². The minimum atomic E-state index is -2.46. The molecular weight excluding hydrogens is 207 g/mol. The van der Waals surface area contributed by atoms with Crippen molar-refractivity contribution in [2.45, 2.75) is 38.8 Å². The summed E-state index contributed by atoms with van der Waals surface area (Å²) in [7, 11) is -2.46. The van der Waals surface area contributed by atoms with Crippen molar-refractivity contribution in [2.24, 2.45) is 0 Å². The zero-order valence-corrected chi connectivity index (χ0v) is 10.4. The largest absolute Gasteiger partial charge is 0.346 e. The van der Waals surface area contributed by atoms with Crippen LogP contribution in [0.5, 0.6) is 0 Å². The lowest BCUT2D eigenvalue weighted by molar-refractivity contribution is 0.493. The van der Waals surface area contributed by atoms with Crippen LogP contribution in [0.2, 0.25) is 0 Å². The molecule has 0 amide bonds. The monoisotopic (exact) mass is 226 g/mol. The van der Waals surface area contributed by atoms with Gasteiger partial charge in [0.1, 0.15) is 0 Å². The van der Waals surface area contributed by atoms with Gasteiger partial charge >= 0.3 is 0 Å². The average molecular weight is 226 g/mol. The standard InChI is InChI=1S/C12H19O2P/c1-3-4-7-11-8-5-6-9-12(11)10(2)15(13)14/h5-6,8-10,15H,3-4,7H2,1-2H3,(H,13,14). The predicted molar refractivity (Wildman–Crippen MR) is 64.7 cm³/mol. The molecule has 2 nitrogen and oxygen atoms in total. The van der Waals surface area contributed by atoms with Crippen LogP contribution in [0.3, 0.4) is 0 Å². The lowest BCUT2D eigenvalue weighted by Crippen LogP contribution is -1.96. The highest BCUT2D eigenvalue weighted by Gasteiger charge is 2.13. The summed E-state index contributed by atoms with van der Waals surface area (Å²) in [6.45, 7) is 3.98. The summed E-state index contributed by atoms with van der Waals surface area (Å²) in [5.74, 6) is 0. The van der Waals surface area contributed by atoms with Crippen LogP contribution in [0.25, 0.3) is 0 Å². The molecule has 0 saturated carbocycles. The van der Waals surface area contributed by atoms with Crippen LogP contribution in [-0.4, -0.2) is 4.89 Å². The van der Waals surface area contributed by atoms with E-state index in [-0.39, 0.29) is 5.66 Å². The first-order valence-electron chi connectivity index (χ1n) is 5.47. The Kier molecular flexibility index (Phi) is 5.07. The molecule has 1 aromatic rings. The fraction of sp³-hybridized carbons (Fsp3) is 0.500. The van der Waals surface area contributed by atoms with Crippen molar-refractivity contribution in [1.29, 1.82) is 0 Å². The zero-order chi connectivity index (χ0) is 11.3. The van der Waals surface area contributed by atoms with Crippen LogP contribution in [-0.2, 0) is 11.0 Å². The molecule has 0 aliphatic heterocycles. The molecule has 1 aromatic carbocycles. The van der Waals surface area contributed by atoms with Gasteiger partial charge in [-0.3, -0.25) is 4.57 Å². The van der Waals surface area contributed by atoms with E-state index in [0.29, 0.717) is 0 Å². The summed E-state index contributed by atoms with van der Waals surface area (Å²) >= 11 is 0. The molecule has 2 atom stereocenters. The predicted octanol–water partition coefficient (Wildman–Crippen LogP) is 3.56. The van der Waals surface area contributed by atoms with Gasteiger partial charge in [-0.1, -0.05) is 37.6 Å². The number of unbranched alkanes of at least 4 members (excludes halogenated alkanes) is 1. The zero-order valence-electron chi connectivity index (χ0n) is 9.36. The van der Waals surface area contributed by atoms with Gasteiger partial charge in [0.2, 0.25) is 0 Å². The normalized spacial score (nSPS) is 14.9. The molecule has 2 unspecified atom stereocenters. The van der Waals surface area contributed by atoms with Crippen LogP contribution in [0.4, 0.5) is 0 Å². The van der Waals surface area contributed by atoms with Crippen LogP contribution in [0.1, 0.15) is 43.5 Å². The topological polar surface area (TPSA) is 37.3 Å². The van der Waals surface area contributed by atoms with E-state index in [4.69, 9.17) is 0 Å². The Labute approximate surface area is 92.2 Å². The second-order valence-electron chi connectivity index (χ2n) is 3.86. The van der Waals surface area contributed by atoms with Gasteiger partial charge in [-0.25, -0.2) is 0 Å². The minimum absolute atomic E-state index is 0.219. The number of rotatable bonds is 5. The Balaban J connectivity index is 2.90. The van der Waals surface area contributed by atoms with Gasteiger partial charge in [-0.05, 0) is 30.9 Å². The Morgan fingerprint density at radius 3 is 2.67 bits per heavy atom. The number of benzene rings is 1. The van der Waals surface area contributed by atoms with Crippen molar-refractivity contribution in [2.75, 3.05) is 0 Å². The first kappa shape index (κ1) is 12.5. The summed E-state index contributed by atoms with van der Waals surface area (Å²) in [4.78, 5) is 9.17. The van der Waals surface area contributed by atoms with E-state index in [1.807, 2.05) is 25.1 Å². The van der Waals surface area contributed by atoms with E-state index in [2.05, 4.69) is 13.0 Å². The molecule has 0 saturated heterocycles. The van der Waals surface area contributed by atoms with Gasteiger partial charge < -0.3 is 4.89 Å². The SMILES string of the molecule is CCCCc1ccccc1C(C)[PH](=O)O. The highest BCUT2D eigenvalue weighted by atomic mass is 31.1. The molecule has 0 radical (unpaired) electrons. The second-order valence-corrected chi connectivity index (χ2v) is 5.40. The summed E-state index contributed by atoms with van der Waals surface area (Å²) in [5.41, 5.74) is 2.04. The molecule has 0 aliphatic carbocycles. The fourth-order valence-electron chi connectivity index (χ4n) is 1.68. The molecule has 0 fully saturated rings. The van der Waals surface area contributed by atoms with Gasteiger partial charge in [0.25, 0.3) is 0 Å². The second kappa shape index (κ2) is 6.09. The summed E-state index contributed by atoms with van der Waals surface area (Å²) < 4.78 is 11.1. The molecule has 84 valence electrons. The van der Waals surface area contributed by atoms with Gasteiger partial charge in [0, 0.05) is 0 Å². The molecule has 0 aromatic heterocycles. The van der Waals surface area contributed by atoms with E-state index >= 15 is 0 Å². The van der Waals surface area contributed by atoms with E-state index in [9.17, 15) is 9.46 Å². The summed E-state index contributed by atoms with van der Waals surface area (Å²) in [6.07, 6.45) is 3.29. The smallest absolute Gasteiger partial charge is 0.196 e. The van der Waals surface area contributed by atoms with Gasteiger partial charge in [-0.15, -0.1) is 0 Å². The van der Waals surface area contributed by atoms with Crippen molar-refractivity contribution in [3.63, 3.8) is 0 Å². The van der Waals surface area contributed by atoms with Crippen LogP contribution in [0, 0.1) is 0 Å². The Morgan fingerprint density at radius 1 is 1.40 bits per heavy atom. The quantitative estimate of drug-likeness (QED) is 0.779. The molecule has 1 rings (SSSR count). The molecule has 3 heteroatoms. The van der Waals surface area contributed by atoms with Crippen LogP contribution in [0.15, 0.2) is 24.3 Å². The maximum Gasteiger partial charge on any atom is 0.196 e. The van der Waals surface area contributed by atoms with E-state index in [1.165, 1.54) is 5.56 Å². The number of aryl methyl sites for hydroxylation is 1. The average Bonchev–Trinajstić information content (AvgIpc) is 2.25. The van der Waals surface area contributed by atoms with E-state index in [0.717, 1.165) is 24.8 Å². The highest BCUT2D eigenvalue weighted by Crippen LogP contribution is 2.38. The highest BCUT2D eigenvalue weighted by molar-refractivity contribution is 7.38. The lowest BCUT2D eigenvalue weighted by atomic mass is 10.0. The summed E-state index contributed by atoms with van der Waals surface area (Å²) in [6, 6.07) is 7.96.